The molecule has 0 radical (unpaired) electrons. The number of aryl methyl sites for hydroxylation is 2. The van der Waals surface area contributed by atoms with Crippen LogP contribution < -0.4 is 10.9 Å². The number of nitrogens with zero attached hydrogens (tertiary/aromatic N) is 3. The fraction of sp³-hybridized carbons (Fsp3) is 0.167. The van der Waals surface area contributed by atoms with Crippen LogP contribution >= 0.6 is 11.6 Å². The van der Waals surface area contributed by atoms with Gasteiger partial charge in [0.15, 0.2) is 0 Å². The fourth-order valence-corrected chi connectivity index (χ4v) is 2.76. The lowest BCUT2D eigenvalue weighted by molar-refractivity contribution is 0.102. The molecule has 0 unspecified atom stereocenters. The normalized spacial score (nSPS) is 10.7. The third-order valence-electron chi connectivity index (χ3n) is 4.02. The molecule has 3 rings (SSSR count). The summed E-state index contributed by atoms with van der Waals surface area (Å²) in [7, 11) is 1.64. The highest BCUT2D eigenvalue weighted by Gasteiger charge is 2.17. The number of carbonyl (C=O) groups excluding carboxylic acids is 1. The van der Waals surface area contributed by atoms with Gasteiger partial charge >= 0.3 is 0 Å². The van der Waals surface area contributed by atoms with E-state index >= 15 is 0 Å². The Labute approximate surface area is 149 Å². The molecule has 0 aliphatic carbocycles. The van der Waals surface area contributed by atoms with Crippen molar-refractivity contribution in [1.29, 1.82) is 0 Å². The second-order valence-corrected chi connectivity index (χ2v) is 6.19. The van der Waals surface area contributed by atoms with E-state index < -0.39 is 0 Å². The van der Waals surface area contributed by atoms with Crippen molar-refractivity contribution in [1.82, 2.24) is 14.3 Å². The first-order valence-corrected chi connectivity index (χ1v) is 8.04. The predicted octanol–water partition coefficient (Wildman–Crippen LogP) is 3.09. The average molecular weight is 357 g/mol. The SMILES string of the molecule is Cc1cc(=O)n(C)cc1NC(=O)c1cnn(-c2ccccc2Cl)c1C. The number of para-hydroxylation sites is 1. The molecule has 7 heteroatoms. The van der Waals surface area contributed by atoms with E-state index in [-0.39, 0.29) is 11.5 Å². The molecule has 0 bridgehead atoms. The van der Waals surface area contributed by atoms with Crippen LogP contribution in [0.2, 0.25) is 5.02 Å². The van der Waals surface area contributed by atoms with E-state index in [0.717, 1.165) is 0 Å². The maximum atomic E-state index is 12.6. The van der Waals surface area contributed by atoms with Gasteiger partial charge in [-0.3, -0.25) is 9.59 Å². The van der Waals surface area contributed by atoms with Gasteiger partial charge in [0, 0.05) is 19.3 Å². The molecule has 0 saturated heterocycles. The molecule has 1 N–H and O–H groups in total. The summed E-state index contributed by atoms with van der Waals surface area (Å²) < 4.78 is 3.05. The monoisotopic (exact) mass is 356 g/mol. The van der Waals surface area contributed by atoms with Crippen molar-refractivity contribution in [3.05, 3.63) is 74.9 Å². The van der Waals surface area contributed by atoms with E-state index in [1.54, 1.807) is 37.8 Å². The van der Waals surface area contributed by atoms with Crippen LogP contribution in [0.4, 0.5) is 5.69 Å². The first kappa shape index (κ1) is 17.0. The summed E-state index contributed by atoms with van der Waals surface area (Å²) >= 11 is 6.21. The van der Waals surface area contributed by atoms with Crippen LogP contribution in [0.25, 0.3) is 5.69 Å². The van der Waals surface area contributed by atoms with Gasteiger partial charge in [-0.2, -0.15) is 5.10 Å². The number of benzene rings is 1. The Kier molecular flexibility index (Phi) is 4.46. The molecule has 0 spiro atoms. The maximum Gasteiger partial charge on any atom is 0.259 e. The van der Waals surface area contributed by atoms with E-state index in [1.807, 2.05) is 18.2 Å². The summed E-state index contributed by atoms with van der Waals surface area (Å²) in [6.45, 7) is 3.58. The average Bonchev–Trinajstić information content (AvgIpc) is 2.94. The predicted molar refractivity (Wildman–Crippen MR) is 97.7 cm³/mol. The zero-order chi connectivity index (χ0) is 18.1. The Hall–Kier alpha value is -2.86. The Balaban J connectivity index is 1.93. The number of rotatable bonds is 3. The summed E-state index contributed by atoms with van der Waals surface area (Å²) in [4.78, 5) is 24.2. The fourth-order valence-electron chi connectivity index (χ4n) is 2.54. The number of hydrogen-bond acceptors (Lipinski definition) is 3. The van der Waals surface area contributed by atoms with Crippen molar-refractivity contribution >= 4 is 23.2 Å². The first-order valence-electron chi connectivity index (χ1n) is 7.66. The molecule has 1 amide bonds. The van der Waals surface area contributed by atoms with Gasteiger partial charge in [0.25, 0.3) is 11.5 Å². The van der Waals surface area contributed by atoms with Crippen LogP contribution in [-0.2, 0) is 7.05 Å². The third-order valence-corrected chi connectivity index (χ3v) is 4.34. The van der Waals surface area contributed by atoms with E-state index in [2.05, 4.69) is 10.4 Å². The highest BCUT2D eigenvalue weighted by molar-refractivity contribution is 6.32. The quantitative estimate of drug-likeness (QED) is 0.784. The molecule has 0 fully saturated rings. The van der Waals surface area contributed by atoms with E-state index in [0.29, 0.717) is 33.2 Å². The lowest BCUT2D eigenvalue weighted by Crippen LogP contribution is -2.20. The Morgan fingerprint density at radius 1 is 1.24 bits per heavy atom. The highest BCUT2D eigenvalue weighted by atomic mass is 35.5. The molecule has 128 valence electrons. The topological polar surface area (TPSA) is 68.9 Å². The van der Waals surface area contributed by atoms with Crippen molar-refractivity contribution in [2.75, 3.05) is 5.32 Å². The minimum absolute atomic E-state index is 0.127. The van der Waals surface area contributed by atoms with Gasteiger partial charge < -0.3 is 9.88 Å². The Morgan fingerprint density at radius 3 is 2.68 bits per heavy atom. The summed E-state index contributed by atoms with van der Waals surface area (Å²) in [5, 5.41) is 7.66. The summed E-state index contributed by atoms with van der Waals surface area (Å²) in [5.41, 5.74) is 2.98. The highest BCUT2D eigenvalue weighted by Crippen LogP contribution is 2.22. The first-order chi connectivity index (χ1) is 11.9. The van der Waals surface area contributed by atoms with Crippen molar-refractivity contribution in [3.8, 4) is 5.69 Å². The maximum absolute atomic E-state index is 12.6. The standard InChI is InChI=1S/C18H17ClN4O2/c1-11-8-17(24)22(3)10-15(11)21-18(25)13-9-20-23(12(13)2)16-7-5-4-6-14(16)19/h4-10H,1-3H3,(H,21,25). The number of amides is 1. The largest absolute Gasteiger partial charge is 0.320 e. The lowest BCUT2D eigenvalue weighted by Gasteiger charge is -2.10. The van der Waals surface area contributed by atoms with Crippen molar-refractivity contribution < 1.29 is 4.79 Å². The third kappa shape index (κ3) is 3.21. The molecular formula is C18H17ClN4O2. The number of nitrogens with one attached hydrogen (secondary N) is 1. The molecule has 6 nitrogen and oxygen atoms in total. The van der Waals surface area contributed by atoms with Gasteiger partial charge in [-0.1, -0.05) is 23.7 Å². The molecule has 2 aromatic heterocycles. The van der Waals surface area contributed by atoms with Gasteiger partial charge in [0.1, 0.15) is 0 Å². The van der Waals surface area contributed by atoms with Gasteiger partial charge in [0.05, 0.1) is 33.9 Å². The van der Waals surface area contributed by atoms with Crippen LogP contribution in [0, 0.1) is 13.8 Å². The van der Waals surface area contributed by atoms with Gasteiger partial charge in [-0.05, 0) is 31.5 Å². The van der Waals surface area contributed by atoms with Crippen molar-refractivity contribution in [2.24, 2.45) is 7.05 Å². The van der Waals surface area contributed by atoms with Crippen LogP contribution in [0.5, 0.6) is 0 Å². The molecule has 0 aliphatic heterocycles. The summed E-state index contributed by atoms with van der Waals surface area (Å²) in [6.07, 6.45) is 3.11. The second-order valence-electron chi connectivity index (χ2n) is 5.78. The van der Waals surface area contributed by atoms with Crippen molar-refractivity contribution in [2.45, 2.75) is 13.8 Å². The van der Waals surface area contributed by atoms with Crippen LogP contribution in [-0.4, -0.2) is 20.3 Å². The van der Waals surface area contributed by atoms with Crippen molar-refractivity contribution in [3.63, 3.8) is 0 Å². The zero-order valence-electron chi connectivity index (χ0n) is 14.1. The number of carbonyl (C=O) groups is 1. The molecule has 0 saturated carbocycles. The molecule has 1 aromatic carbocycles. The molecule has 0 aliphatic rings. The smallest absolute Gasteiger partial charge is 0.259 e. The minimum atomic E-state index is -0.294. The number of halogens is 1. The number of pyridine rings is 1. The number of aromatic nitrogens is 3. The lowest BCUT2D eigenvalue weighted by atomic mass is 10.2. The Bertz CT molecular complexity index is 1020. The molecule has 25 heavy (non-hydrogen) atoms. The molecule has 3 aromatic rings. The summed E-state index contributed by atoms with van der Waals surface area (Å²) in [6, 6.07) is 8.78. The van der Waals surface area contributed by atoms with Crippen LogP contribution in [0.3, 0.4) is 0 Å². The number of anilines is 1. The molecule has 2 heterocycles. The Morgan fingerprint density at radius 2 is 1.96 bits per heavy atom. The van der Waals surface area contributed by atoms with Crippen LogP contribution in [0.15, 0.2) is 47.5 Å². The van der Waals surface area contributed by atoms with E-state index in [9.17, 15) is 9.59 Å². The summed E-state index contributed by atoms with van der Waals surface area (Å²) in [5.74, 6) is -0.294. The molecular weight excluding hydrogens is 340 g/mol. The van der Waals surface area contributed by atoms with Gasteiger partial charge in [0.2, 0.25) is 0 Å². The van der Waals surface area contributed by atoms with E-state index in [1.165, 1.54) is 16.8 Å². The number of hydrogen-bond donors (Lipinski definition) is 1. The zero-order valence-corrected chi connectivity index (χ0v) is 14.8. The van der Waals surface area contributed by atoms with E-state index in [4.69, 9.17) is 11.6 Å². The second kappa shape index (κ2) is 6.57. The van der Waals surface area contributed by atoms with Gasteiger partial charge in [-0.15, -0.1) is 0 Å². The molecule has 0 atom stereocenters. The minimum Gasteiger partial charge on any atom is -0.320 e. The van der Waals surface area contributed by atoms with Gasteiger partial charge in [-0.25, -0.2) is 4.68 Å². The van der Waals surface area contributed by atoms with Crippen LogP contribution in [0.1, 0.15) is 21.6 Å².